The van der Waals surface area contributed by atoms with Gasteiger partial charge >= 0.3 is 0 Å². The topological polar surface area (TPSA) is 9.23 Å². The highest BCUT2D eigenvalue weighted by Crippen LogP contribution is 2.47. The maximum absolute atomic E-state index is 14.5. The number of hydrogen-bond acceptors (Lipinski definition) is 1. The van der Waals surface area contributed by atoms with Crippen LogP contribution in [0.4, 0.5) is 4.39 Å². The van der Waals surface area contributed by atoms with Gasteiger partial charge in [0.15, 0.2) is 26.3 Å². The number of ether oxygens (including phenoxy) is 1. The van der Waals surface area contributed by atoms with Crippen molar-refractivity contribution in [3.05, 3.63) is 84.7 Å². The summed E-state index contributed by atoms with van der Waals surface area (Å²) in [6, 6.07) is 26.1. The molecule has 0 amide bonds. The molecule has 0 atom stereocenters. The van der Waals surface area contributed by atoms with Gasteiger partial charge in [-0.3, -0.25) is 0 Å². The highest BCUT2D eigenvalue weighted by Gasteiger charge is 2.48. The number of halogens is 1. The van der Waals surface area contributed by atoms with Gasteiger partial charge in [-0.2, -0.15) is 0 Å². The van der Waals surface area contributed by atoms with Crippen molar-refractivity contribution in [1.29, 1.82) is 0 Å². The third kappa shape index (κ3) is 3.74. The van der Waals surface area contributed by atoms with Crippen LogP contribution in [0.15, 0.2) is 93.5 Å². The Balaban J connectivity index is 1.76. The summed E-state index contributed by atoms with van der Waals surface area (Å²) >= 11 is 0. The zero-order valence-electron chi connectivity index (χ0n) is 15.7. The van der Waals surface area contributed by atoms with Gasteiger partial charge in [-0.25, -0.2) is 4.39 Å². The zero-order chi connectivity index (χ0) is 18.9. The Bertz CT molecular complexity index is 865. The quantitative estimate of drug-likeness (QED) is 0.445. The molecule has 1 saturated carbocycles. The van der Waals surface area contributed by atoms with Gasteiger partial charge in [-0.15, -0.1) is 0 Å². The first-order valence-electron chi connectivity index (χ1n) is 9.42. The smallest absolute Gasteiger partial charge is 0.170 e. The van der Waals surface area contributed by atoms with Crippen LogP contribution in [-0.4, -0.2) is 5.60 Å². The SMILES string of the molecule is CC(C)C1(Oc2cc([S+](c3ccccc3)c3ccccc3)ccc2F)CC1. The first-order valence-corrected chi connectivity index (χ1v) is 10.6. The third-order valence-electron chi connectivity index (χ3n) is 5.20. The van der Waals surface area contributed by atoms with E-state index in [4.69, 9.17) is 4.74 Å². The molecular formula is C24H24FOS+. The largest absolute Gasteiger partial charge is 0.484 e. The molecule has 27 heavy (non-hydrogen) atoms. The van der Waals surface area contributed by atoms with Crippen LogP contribution in [0, 0.1) is 11.7 Å². The molecule has 0 saturated heterocycles. The monoisotopic (exact) mass is 379 g/mol. The summed E-state index contributed by atoms with van der Waals surface area (Å²) in [7, 11) is -0.299. The van der Waals surface area contributed by atoms with E-state index in [1.807, 2.05) is 24.3 Å². The molecule has 4 rings (SSSR count). The lowest BCUT2D eigenvalue weighted by molar-refractivity contribution is 0.121. The maximum atomic E-state index is 14.5. The van der Waals surface area contributed by atoms with Gasteiger partial charge in [0.2, 0.25) is 0 Å². The molecule has 0 N–H and O–H groups in total. The Kier molecular flexibility index (Phi) is 4.96. The van der Waals surface area contributed by atoms with Crippen molar-refractivity contribution in [3.63, 3.8) is 0 Å². The van der Waals surface area contributed by atoms with E-state index in [0.29, 0.717) is 11.7 Å². The van der Waals surface area contributed by atoms with Crippen LogP contribution in [-0.2, 0) is 10.9 Å². The molecule has 0 radical (unpaired) electrons. The molecule has 138 valence electrons. The van der Waals surface area contributed by atoms with Gasteiger partial charge in [-0.05, 0) is 55.2 Å². The van der Waals surface area contributed by atoms with Crippen molar-refractivity contribution >= 4 is 10.9 Å². The second-order valence-corrected chi connectivity index (χ2v) is 9.37. The highest BCUT2D eigenvalue weighted by atomic mass is 32.2. The van der Waals surface area contributed by atoms with Gasteiger partial charge in [0.05, 0.1) is 10.9 Å². The first-order chi connectivity index (χ1) is 13.1. The van der Waals surface area contributed by atoms with Gasteiger partial charge in [-0.1, -0.05) is 50.2 Å². The van der Waals surface area contributed by atoms with E-state index in [-0.39, 0.29) is 22.3 Å². The van der Waals surface area contributed by atoms with Gasteiger partial charge < -0.3 is 4.74 Å². The van der Waals surface area contributed by atoms with Crippen LogP contribution in [0.2, 0.25) is 0 Å². The minimum absolute atomic E-state index is 0.197. The van der Waals surface area contributed by atoms with Crippen molar-refractivity contribution in [2.45, 2.75) is 47.0 Å². The molecule has 0 bridgehead atoms. The summed E-state index contributed by atoms with van der Waals surface area (Å²) < 4.78 is 20.7. The molecule has 3 aromatic rings. The Hall–Kier alpha value is -2.26. The summed E-state index contributed by atoms with van der Waals surface area (Å²) in [6.45, 7) is 4.29. The normalized spacial score (nSPS) is 15.1. The summed E-state index contributed by atoms with van der Waals surface area (Å²) in [4.78, 5) is 3.50. The molecule has 1 fully saturated rings. The lowest BCUT2D eigenvalue weighted by Gasteiger charge is -2.22. The van der Waals surface area contributed by atoms with Crippen LogP contribution in [0.5, 0.6) is 5.75 Å². The van der Waals surface area contributed by atoms with Gasteiger partial charge in [0.1, 0.15) is 5.60 Å². The van der Waals surface area contributed by atoms with Gasteiger partial charge in [0.25, 0.3) is 0 Å². The van der Waals surface area contributed by atoms with Crippen molar-refractivity contribution in [2.24, 2.45) is 5.92 Å². The van der Waals surface area contributed by atoms with Crippen molar-refractivity contribution in [3.8, 4) is 5.75 Å². The fourth-order valence-corrected chi connectivity index (χ4v) is 5.45. The summed E-state index contributed by atoms with van der Waals surface area (Å²) in [5.41, 5.74) is -0.197. The predicted octanol–water partition coefficient (Wildman–Crippen LogP) is 6.49. The highest BCUT2D eigenvalue weighted by molar-refractivity contribution is 7.97. The van der Waals surface area contributed by atoms with E-state index in [9.17, 15) is 4.39 Å². The summed E-state index contributed by atoms with van der Waals surface area (Å²) in [5, 5.41) is 0. The zero-order valence-corrected chi connectivity index (χ0v) is 16.5. The third-order valence-corrected chi connectivity index (χ3v) is 7.42. The molecule has 0 spiro atoms. The molecule has 3 heteroatoms. The van der Waals surface area contributed by atoms with E-state index in [1.54, 1.807) is 6.07 Å². The molecular weight excluding hydrogens is 355 g/mol. The van der Waals surface area contributed by atoms with Crippen molar-refractivity contribution in [2.75, 3.05) is 0 Å². The fourth-order valence-electron chi connectivity index (χ4n) is 3.35. The number of rotatable bonds is 6. The second kappa shape index (κ2) is 7.40. The molecule has 1 aliphatic rings. The average Bonchev–Trinajstić information content (AvgIpc) is 3.47. The van der Waals surface area contributed by atoms with E-state index in [0.717, 1.165) is 17.7 Å². The van der Waals surface area contributed by atoms with E-state index in [2.05, 4.69) is 62.4 Å². The molecule has 0 aliphatic heterocycles. The van der Waals surface area contributed by atoms with Crippen LogP contribution in [0.25, 0.3) is 0 Å². The Labute approximate surface area is 163 Å². The number of benzene rings is 3. The molecule has 1 aliphatic carbocycles. The lowest BCUT2D eigenvalue weighted by Crippen LogP contribution is -2.25. The Morgan fingerprint density at radius 2 is 1.37 bits per heavy atom. The van der Waals surface area contributed by atoms with Gasteiger partial charge in [0, 0.05) is 6.07 Å². The molecule has 0 heterocycles. The minimum atomic E-state index is -0.299. The minimum Gasteiger partial charge on any atom is -0.484 e. The predicted molar refractivity (Wildman–Crippen MR) is 109 cm³/mol. The Morgan fingerprint density at radius 3 is 1.85 bits per heavy atom. The Morgan fingerprint density at radius 1 is 0.815 bits per heavy atom. The molecule has 1 nitrogen and oxygen atoms in total. The van der Waals surface area contributed by atoms with Crippen molar-refractivity contribution < 1.29 is 9.13 Å². The molecule has 0 unspecified atom stereocenters. The van der Waals surface area contributed by atoms with E-state index < -0.39 is 0 Å². The van der Waals surface area contributed by atoms with Crippen LogP contribution < -0.4 is 4.74 Å². The van der Waals surface area contributed by atoms with Crippen LogP contribution in [0.1, 0.15) is 26.7 Å². The summed E-state index contributed by atoms with van der Waals surface area (Å²) in [5.74, 6) is 0.473. The number of hydrogen-bond donors (Lipinski definition) is 0. The standard InChI is InChI=1S/C24H24FOS/c1-18(2)24(15-16-24)26-23-17-21(13-14-22(23)25)27(19-9-5-3-6-10-19)20-11-7-4-8-12-20/h3-14,17-18H,15-16H2,1-2H3/q+1. The lowest BCUT2D eigenvalue weighted by atomic mass is 10.1. The van der Waals surface area contributed by atoms with E-state index >= 15 is 0 Å². The van der Waals surface area contributed by atoms with Crippen LogP contribution >= 0.6 is 0 Å². The van der Waals surface area contributed by atoms with Crippen LogP contribution in [0.3, 0.4) is 0 Å². The second-order valence-electron chi connectivity index (χ2n) is 7.35. The summed E-state index contributed by atoms with van der Waals surface area (Å²) in [6.07, 6.45) is 1.99. The fraction of sp³-hybridized carbons (Fsp3) is 0.250. The average molecular weight is 380 g/mol. The molecule has 3 aromatic carbocycles. The van der Waals surface area contributed by atoms with E-state index in [1.165, 1.54) is 9.79 Å². The molecule has 0 aromatic heterocycles. The van der Waals surface area contributed by atoms with Crippen molar-refractivity contribution in [1.82, 2.24) is 0 Å². The maximum Gasteiger partial charge on any atom is 0.170 e. The first kappa shape index (κ1) is 18.1.